The molecule has 30 heavy (non-hydrogen) atoms. The SMILES string of the molecule is Cc1cnc(Nc2ccc(OCCC3CCCN3)cc2)nc1-c1ccc(C(=O)O)s1. The number of nitrogens with one attached hydrogen (secondary N) is 2. The van der Waals surface area contributed by atoms with Crippen molar-refractivity contribution in [1.29, 1.82) is 0 Å². The van der Waals surface area contributed by atoms with Gasteiger partial charge in [0.05, 0.1) is 17.2 Å². The molecule has 1 aliphatic heterocycles. The average Bonchev–Trinajstić information content (AvgIpc) is 3.43. The molecular weight excluding hydrogens is 400 g/mol. The molecule has 0 spiro atoms. The van der Waals surface area contributed by atoms with E-state index in [0.717, 1.165) is 40.5 Å². The Labute approximate surface area is 179 Å². The number of aromatic carboxylic acids is 1. The second-order valence-corrected chi connectivity index (χ2v) is 8.36. The molecule has 3 N–H and O–H groups in total. The third-order valence-corrected chi connectivity index (χ3v) is 6.11. The summed E-state index contributed by atoms with van der Waals surface area (Å²) in [4.78, 5) is 21.2. The zero-order valence-electron chi connectivity index (χ0n) is 16.7. The largest absolute Gasteiger partial charge is 0.494 e. The molecule has 8 heteroatoms. The van der Waals surface area contributed by atoms with Gasteiger partial charge in [0.1, 0.15) is 10.6 Å². The van der Waals surface area contributed by atoms with Crippen molar-refractivity contribution in [2.75, 3.05) is 18.5 Å². The van der Waals surface area contributed by atoms with Crippen LogP contribution in [-0.2, 0) is 0 Å². The molecule has 2 aromatic heterocycles. The van der Waals surface area contributed by atoms with Gasteiger partial charge in [-0.15, -0.1) is 11.3 Å². The number of aryl methyl sites for hydroxylation is 1. The van der Waals surface area contributed by atoms with Crippen molar-refractivity contribution in [3.05, 3.63) is 53.0 Å². The third-order valence-electron chi connectivity index (χ3n) is 5.03. The smallest absolute Gasteiger partial charge is 0.345 e. The van der Waals surface area contributed by atoms with Crippen LogP contribution in [-0.4, -0.2) is 40.2 Å². The fourth-order valence-electron chi connectivity index (χ4n) is 3.42. The molecule has 1 atom stereocenters. The maximum atomic E-state index is 11.2. The molecule has 3 heterocycles. The van der Waals surface area contributed by atoms with Crippen molar-refractivity contribution in [3.8, 4) is 16.3 Å². The molecule has 0 amide bonds. The van der Waals surface area contributed by atoms with Gasteiger partial charge < -0.3 is 20.5 Å². The number of nitrogens with zero attached hydrogens (tertiary/aromatic N) is 2. The number of hydrogen-bond donors (Lipinski definition) is 3. The Kier molecular flexibility index (Phi) is 6.25. The Morgan fingerprint density at radius 2 is 2.13 bits per heavy atom. The van der Waals surface area contributed by atoms with Crippen LogP contribution in [0.25, 0.3) is 10.6 Å². The predicted molar refractivity (Wildman–Crippen MR) is 118 cm³/mol. The average molecular weight is 425 g/mol. The fraction of sp³-hybridized carbons (Fsp3) is 0.318. The number of thiophene rings is 1. The zero-order chi connectivity index (χ0) is 20.9. The second kappa shape index (κ2) is 9.23. The van der Waals surface area contributed by atoms with Gasteiger partial charge in [-0.2, -0.15) is 0 Å². The minimum absolute atomic E-state index is 0.289. The maximum absolute atomic E-state index is 11.2. The van der Waals surface area contributed by atoms with E-state index in [2.05, 4.69) is 20.6 Å². The number of ether oxygens (including phenoxy) is 1. The monoisotopic (exact) mass is 424 g/mol. The topological polar surface area (TPSA) is 96.4 Å². The molecule has 0 saturated carbocycles. The van der Waals surface area contributed by atoms with Crippen LogP contribution in [0, 0.1) is 6.92 Å². The van der Waals surface area contributed by atoms with Crippen molar-refractivity contribution in [3.63, 3.8) is 0 Å². The molecule has 1 aliphatic rings. The molecule has 0 bridgehead atoms. The summed E-state index contributed by atoms with van der Waals surface area (Å²) in [6.45, 7) is 3.72. The Morgan fingerprint density at radius 3 is 2.83 bits per heavy atom. The van der Waals surface area contributed by atoms with E-state index < -0.39 is 5.97 Å². The fourth-order valence-corrected chi connectivity index (χ4v) is 4.32. The van der Waals surface area contributed by atoms with Gasteiger partial charge in [0, 0.05) is 17.9 Å². The van der Waals surface area contributed by atoms with Gasteiger partial charge in [0.2, 0.25) is 5.95 Å². The zero-order valence-corrected chi connectivity index (χ0v) is 17.5. The van der Waals surface area contributed by atoms with Crippen molar-refractivity contribution in [1.82, 2.24) is 15.3 Å². The van der Waals surface area contributed by atoms with Crippen molar-refractivity contribution in [2.24, 2.45) is 0 Å². The van der Waals surface area contributed by atoms with E-state index in [4.69, 9.17) is 9.84 Å². The van der Waals surface area contributed by atoms with E-state index in [0.29, 0.717) is 18.6 Å². The molecule has 1 saturated heterocycles. The lowest BCUT2D eigenvalue weighted by atomic mass is 10.2. The van der Waals surface area contributed by atoms with E-state index in [-0.39, 0.29) is 4.88 Å². The summed E-state index contributed by atoms with van der Waals surface area (Å²) in [5.74, 6) is 0.365. The summed E-state index contributed by atoms with van der Waals surface area (Å²) in [5, 5.41) is 15.8. The normalized spacial score (nSPS) is 15.8. The van der Waals surface area contributed by atoms with Crippen molar-refractivity contribution >= 4 is 28.9 Å². The lowest BCUT2D eigenvalue weighted by Crippen LogP contribution is -2.23. The van der Waals surface area contributed by atoms with E-state index in [9.17, 15) is 4.79 Å². The first-order chi connectivity index (χ1) is 14.6. The van der Waals surface area contributed by atoms with Crippen LogP contribution in [0.2, 0.25) is 0 Å². The summed E-state index contributed by atoms with van der Waals surface area (Å²) >= 11 is 1.20. The number of aromatic nitrogens is 2. The van der Waals surface area contributed by atoms with Crippen molar-refractivity contribution in [2.45, 2.75) is 32.2 Å². The first kappa shape index (κ1) is 20.3. The second-order valence-electron chi connectivity index (χ2n) is 7.27. The molecule has 1 fully saturated rings. The van der Waals surface area contributed by atoms with Crippen LogP contribution in [0.3, 0.4) is 0 Å². The number of hydrogen-bond acceptors (Lipinski definition) is 7. The third kappa shape index (κ3) is 4.95. The minimum atomic E-state index is -0.932. The van der Waals surface area contributed by atoms with Crippen LogP contribution in [0.15, 0.2) is 42.6 Å². The van der Waals surface area contributed by atoms with Crippen LogP contribution in [0.4, 0.5) is 11.6 Å². The van der Waals surface area contributed by atoms with E-state index in [1.54, 1.807) is 18.3 Å². The van der Waals surface area contributed by atoms with Crippen LogP contribution in [0.5, 0.6) is 5.75 Å². The summed E-state index contributed by atoms with van der Waals surface area (Å²) in [5.41, 5.74) is 2.47. The highest BCUT2D eigenvalue weighted by molar-refractivity contribution is 7.17. The Bertz CT molecular complexity index is 1010. The van der Waals surface area contributed by atoms with E-state index in [1.165, 1.54) is 24.2 Å². The van der Waals surface area contributed by atoms with Crippen LogP contribution < -0.4 is 15.4 Å². The number of carboxylic acid groups (broad SMARTS) is 1. The molecule has 0 aliphatic carbocycles. The van der Waals surface area contributed by atoms with Gasteiger partial charge in [-0.1, -0.05) is 0 Å². The van der Waals surface area contributed by atoms with E-state index in [1.807, 2.05) is 31.2 Å². The summed E-state index contributed by atoms with van der Waals surface area (Å²) in [6.07, 6.45) is 5.24. The van der Waals surface area contributed by atoms with Crippen LogP contribution >= 0.6 is 11.3 Å². The predicted octanol–water partition coefficient (Wildman–Crippen LogP) is 4.48. The highest BCUT2D eigenvalue weighted by Gasteiger charge is 2.14. The highest BCUT2D eigenvalue weighted by atomic mass is 32.1. The molecular formula is C22H24N4O3S. The van der Waals surface area contributed by atoms with Gasteiger partial charge in [-0.25, -0.2) is 14.8 Å². The number of benzene rings is 1. The standard InChI is InChI=1S/C22H24N4O3S/c1-14-13-24-22(26-20(14)18-8-9-19(30-18)21(27)28)25-16-4-6-17(7-5-16)29-12-10-15-3-2-11-23-15/h4-9,13,15,23H,2-3,10-12H2,1H3,(H,27,28)(H,24,25,26). The lowest BCUT2D eigenvalue weighted by molar-refractivity contribution is 0.0702. The first-order valence-electron chi connectivity index (χ1n) is 9.99. The van der Waals surface area contributed by atoms with Gasteiger partial charge in [0.25, 0.3) is 0 Å². The molecule has 1 unspecified atom stereocenters. The Morgan fingerprint density at radius 1 is 1.30 bits per heavy atom. The molecule has 1 aromatic carbocycles. The maximum Gasteiger partial charge on any atom is 0.345 e. The number of anilines is 2. The van der Waals surface area contributed by atoms with Crippen molar-refractivity contribution < 1.29 is 14.6 Å². The number of rotatable bonds is 8. The summed E-state index contributed by atoms with van der Waals surface area (Å²) < 4.78 is 5.84. The number of carboxylic acids is 1. The van der Waals surface area contributed by atoms with Gasteiger partial charge in [-0.3, -0.25) is 0 Å². The lowest BCUT2D eigenvalue weighted by Gasteiger charge is -2.12. The molecule has 3 aromatic rings. The Hall–Kier alpha value is -2.97. The number of carbonyl (C=O) groups is 1. The molecule has 0 radical (unpaired) electrons. The molecule has 156 valence electrons. The minimum Gasteiger partial charge on any atom is -0.494 e. The van der Waals surface area contributed by atoms with Gasteiger partial charge in [-0.05, 0) is 74.7 Å². The first-order valence-corrected chi connectivity index (χ1v) is 10.8. The molecule has 7 nitrogen and oxygen atoms in total. The summed E-state index contributed by atoms with van der Waals surface area (Å²) in [7, 11) is 0. The van der Waals surface area contributed by atoms with Gasteiger partial charge in [0.15, 0.2) is 0 Å². The summed E-state index contributed by atoms with van der Waals surface area (Å²) in [6, 6.07) is 11.7. The quantitative estimate of drug-likeness (QED) is 0.491. The highest BCUT2D eigenvalue weighted by Crippen LogP contribution is 2.30. The Balaban J connectivity index is 1.39. The van der Waals surface area contributed by atoms with Gasteiger partial charge >= 0.3 is 5.97 Å². The van der Waals surface area contributed by atoms with Crippen LogP contribution in [0.1, 0.15) is 34.5 Å². The van der Waals surface area contributed by atoms with E-state index >= 15 is 0 Å². The molecule has 4 rings (SSSR count).